The van der Waals surface area contributed by atoms with Crippen LogP contribution in [0.15, 0.2) is 4.34 Å². The maximum absolute atomic E-state index is 12.0. The summed E-state index contributed by atoms with van der Waals surface area (Å²) in [5.41, 5.74) is 0. The van der Waals surface area contributed by atoms with Gasteiger partial charge in [-0.05, 0) is 0 Å². The molecule has 0 unspecified atom stereocenters. The summed E-state index contributed by atoms with van der Waals surface area (Å²) in [5, 5.41) is 3.48. The van der Waals surface area contributed by atoms with Crippen LogP contribution in [0.3, 0.4) is 0 Å². The van der Waals surface area contributed by atoms with Crippen LogP contribution in [-0.4, -0.2) is 23.8 Å². The molecule has 0 bridgehead atoms. The molecule has 4 nitrogen and oxygen atoms in total. The first-order chi connectivity index (χ1) is 6.27. The van der Waals surface area contributed by atoms with Crippen molar-refractivity contribution in [3.63, 3.8) is 0 Å². The van der Waals surface area contributed by atoms with Crippen molar-refractivity contribution in [2.24, 2.45) is 0 Å². The first-order valence-corrected chi connectivity index (χ1v) is 5.97. The number of alkyl halides is 4. The zero-order valence-corrected chi connectivity index (χ0v) is 8.64. The van der Waals surface area contributed by atoms with E-state index in [1.54, 1.807) is 0 Å². The number of sulfone groups is 1. The first-order valence-electron chi connectivity index (χ1n) is 2.97. The van der Waals surface area contributed by atoms with Gasteiger partial charge < -0.3 is 0 Å². The van der Waals surface area contributed by atoms with E-state index < -0.39 is 30.6 Å². The fourth-order valence-electron chi connectivity index (χ4n) is 0.497. The Balaban J connectivity index is 3.13. The van der Waals surface area contributed by atoms with E-state index in [-0.39, 0.29) is 11.3 Å². The Morgan fingerprint density at radius 2 is 1.93 bits per heavy atom. The fraction of sp³-hybridized carbons (Fsp3) is 0.500. The van der Waals surface area contributed by atoms with Gasteiger partial charge in [0.05, 0.1) is 0 Å². The van der Waals surface area contributed by atoms with Crippen molar-refractivity contribution in [1.29, 1.82) is 0 Å². The molecule has 0 atom stereocenters. The van der Waals surface area contributed by atoms with Crippen LogP contribution < -0.4 is 0 Å². The van der Waals surface area contributed by atoms with Crippen LogP contribution in [0.25, 0.3) is 0 Å². The van der Waals surface area contributed by atoms with Crippen LogP contribution in [0.1, 0.15) is 5.01 Å². The van der Waals surface area contributed by atoms with Crippen molar-refractivity contribution in [2.75, 3.05) is 5.21 Å². The molecule has 14 heavy (non-hydrogen) atoms. The van der Waals surface area contributed by atoms with Gasteiger partial charge in [-0.25, -0.2) is 8.42 Å². The SMILES string of the molecule is O=S(=O)(CCl)c1nnc(C(F)(F)F)s1. The van der Waals surface area contributed by atoms with Gasteiger partial charge >= 0.3 is 6.18 Å². The van der Waals surface area contributed by atoms with Gasteiger partial charge in [0, 0.05) is 0 Å². The van der Waals surface area contributed by atoms with Gasteiger partial charge in [0.1, 0.15) is 5.21 Å². The molecule has 0 aliphatic carbocycles. The fourth-order valence-corrected chi connectivity index (χ4v) is 2.63. The Bertz CT molecular complexity index is 426. The maximum Gasteiger partial charge on any atom is 0.445 e. The number of rotatable bonds is 2. The van der Waals surface area contributed by atoms with Gasteiger partial charge in [-0.3, -0.25) is 0 Å². The third kappa shape index (κ3) is 2.34. The van der Waals surface area contributed by atoms with Crippen molar-refractivity contribution in [3.8, 4) is 0 Å². The van der Waals surface area contributed by atoms with Gasteiger partial charge in [0.2, 0.25) is 19.2 Å². The normalized spacial score (nSPS) is 13.1. The van der Waals surface area contributed by atoms with Crippen molar-refractivity contribution in [2.45, 2.75) is 10.5 Å². The van der Waals surface area contributed by atoms with Crippen LogP contribution in [0.4, 0.5) is 13.2 Å². The second-order valence-electron chi connectivity index (χ2n) is 2.09. The molecule has 1 aromatic heterocycles. The highest BCUT2D eigenvalue weighted by Gasteiger charge is 2.37. The highest BCUT2D eigenvalue weighted by atomic mass is 35.5. The Kier molecular flexibility index (Phi) is 3.02. The summed E-state index contributed by atoms with van der Waals surface area (Å²) in [6.45, 7) is 0. The molecule has 0 N–H and O–H groups in total. The largest absolute Gasteiger partial charge is 0.445 e. The molecule has 0 aliphatic heterocycles. The van der Waals surface area contributed by atoms with E-state index in [1.807, 2.05) is 0 Å². The van der Waals surface area contributed by atoms with E-state index in [1.165, 1.54) is 0 Å². The molecule has 0 amide bonds. The lowest BCUT2D eigenvalue weighted by Crippen LogP contribution is -2.03. The molecule has 0 aliphatic rings. The molecule has 0 spiro atoms. The van der Waals surface area contributed by atoms with Gasteiger partial charge in [-0.15, -0.1) is 21.8 Å². The summed E-state index contributed by atoms with van der Waals surface area (Å²) in [4.78, 5) is 0. The molecule has 1 rings (SSSR count). The minimum atomic E-state index is -4.68. The molecule has 10 heteroatoms. The minimum absolute atomic E-state index is 0.0483. The summed E-state index contributed by atoms with van der Waals surface area (Å²) in [5.74, 6) is 0. The molecule has 1 aromatic rings. The van der Waals surface area contributed by atoms with E-state index >= 15 is 0 Å². The highest BCUT2D eigenvalue weighted by molar-refractivity contribution is 7.94. The molecule has 0 radical (unpaired) electrons. The van der Waals surface area contributed by atoms with Gasteiger partial charge in [0.15, 0.2) is 0 Å². The Hall–Kier alpha value is -0.410. The summed E-state index contributed by atoms with van der Waals surface area (Å²) < 4.78 is 57.1. The van der Waals surface area contributed by atoms with Gasteiger partial charge in [0.25, 0.3) is 0 Å². The third-order valence-electron chi connectivity index (χ3n) is 1.06. The van der Waals surface area contributed by atoms with Crippen molar-refractivity contribution >= 4 is 32.8 Å². The lowest BCUT2D eigenvalue weighted by Gasteiger charge is -1.97. The maximum atomic E-state index is 12.0. The summed E-state index contributed by atoms with van der Waals surface area (Å²) in [7, 11) is -3.93. The molecule has 80 valence electrons. The van der Waals surface area contributed by atoms with E-state index in [0.717, 1.165) is 0 Å². The van der Waals surface area contributed by atoms with Crippen LogP contribution in [0, 0.1) is 0 Å². The molecule has 0 fully saturated rings. The zero-order chi connectivity index (χ0) is 11.0. The van der Waals surface area contributed by atoms with Crippen LogP contribution >= 0.6 is 22.9 Å². The van der Waals surface area contributed by atoms with Crippen molar-refractivity contribution < 1.29 is 21.6 Å². The zero-order valence-electron chi connectivity index (χ0n) is 6.25. The summed E-state index contributed by atoms with van der Waals surface area (Å²) in [6.07, 6.45) is -4.68. The summed E-state index contributed by atoms with van der Waals surface area (Å²) >= 11 is 4.97. The molecule has 0 saturated carbocycles. The molecule has 0 saturated heterocycles. The Morgan fingerprint density at radius 1 is 1.36 bits per heavy atom. The predicted octanol–water partition coefficient (Wildman–Crippen LogP) is 1.53. The topological polar surface area (TPSA) is 59.9 Å². The lowest BCUT2D eigenvalue weighted by atomic mass is 10.7. The van der Waals surface area contributed by atoms with Crippen molar-refractivity contribution in [1.82, 2.24) is 10.2 Å². The van der Waals surface area contributed by atoms with Crippen LogP contribution in [0.2, 0.25) is 0 Å². The van der Waals surface area contributed by atoms with Crippen LogP contribution in [-0.2, 0) is 16.0 Å². The van der Waals surface area contributed by atoms with Gasteiger partial charge in [-0.2, -0.15) is 13.2 Å². The van der Waals surface area contributed by atoms with E-state index in [0.29, 0.717) is 0 Å². The first kappa shape index (κ1) is 11.7. The molecular formula is C4H2ClF3N2O2S2. The number of hydrogen-bond donors (Lipinski definition) is 0. The minimum Gasteiger partial charge on any atom is -0.220 e. The monoisotopic (exact) mass is 266 g/mol. The quantitative estimate of drug-likeness (QED) is 0.762. The number of nitrogens with zero attached hydrogens (tertiary/aromatic N) is 2. The average molecular weight is 267 g/mol. The van der Waals surface area contributed by atoms with Crippen molar-refractivity contribution in [3.05, 3.63) is 5.01 Å². The molecular weight excluding hydrogens is 265 g/mol. The number of aromatic nitrogens is 2. The van der Waals surface area contributed by atoms with Crippen LogP contribution in [0.5, 0.6) is 0 Å². The Labute approximate surface area is 85.6 Å². The highest BCUT2D eigenvalue weighted by Crippen LogP contribution is 2.32. The second kappa shape index (κ2) is 3.63. The molecule has 0 aromatic carbocycles. The Morgan fingerprint density at radius 3 is 2.29 bits per heavy atom. The molecule has 1 heterocycles. The standard InChI is InChI=1S/C4H2ClF3N2O2S2/c5-1-14(11,12)3-10-9-2(13-3)4(6,7)8/h1H2. The van der Waals surface area contributed by atoms with Gasteiger partial charge in [-0.1, -0.05) is 11.3 Å². The predicted molar refractivity (Wildman–Crippen MR) is 42.8 cm³/mol. The number of hydrogen-bond acceptors (Lipinski definition) is 5. The lowest BCUT2D eigenvalue weighted by molar-refractivity contribution is -0.138. The average Bonchev–Trinajstić information content (AvgIpc) is 2.51. The van der Waals surface area contributed by atoms with E-state index in [2.05, 4.69) is 10.2 Å². The second-order valence-corrected chi connectivity index (χ2v) is 5.82. The van der Waals surface area contributed by atoms with E-state index in [4.69, 9.17) is 11.6 Å². The third-order valence-corrected chi connectivity index (χ3v) is 4.60. The summed E-state index contributed by atoms with van der Waals surface area (Å²) in [6, 6.07) is 0. The number of halogens is 4. The van der Waals surface area contributed by atoms with E-state index in [9.17, 15) is 21.6 Å². The smallest absolute Gasteiger partial charge is 0.220 e.